The van der Waals surface area contributed by atoms with Gasteiger partial charge in [-0.15, -0.1) is 11.6 Å². The van der Waals surface area contributed by atoms with Crippen LogP contribution in [0.25, 0.3) is 0 Å². The summed E-state index contributed by atoms with van der Waals surface area (Å²) >= 11 is 8.50. The Morgan fingerprint density at radius 2 is 2.13 bits per heavy atom. The van der Waals surface area contributed by atoms with E-state index in [2.05, 4.69) is 22.5 Å². The first-order chi connectivity index (χ1) is 7.04. The van der Waals surface area contributed by atoms with Crippen molar-refractivity contribution < 1.29 is 13.5 Å². The highest BCUT2D eigenvalue weighted by molar-refractivity contribution is 9.10. The minimum Gasteiger partial charge on any atom is -0.486 e. The van der Waals surface area contributed by atoms with Crippen LogP contribution in [0.15, 0.2) is 28.8 Å². The fourth-order valence-corrected chi connectivity index (χ4v) is 1.34. The molecule has 0 spiro atoms. The summed E-state index contributed by atoms with van der Waals surface area (Å²) in [5.41, 5.74) is 0.594. The maximum Gasteiger partial charge on any atom is 0.200 e. The Morgan fingerprint density at radius 3 is 2.73 bits per heavy atom. The van der Waals surface area contributed by atoms with Crippen molar-refractivity contribution in [2.24, 2.45) is 0 Å². The normalized spacial score (nSPS) is 10.1. The van der Waals surface area contributed by atoms with Gasteiger partial charge in [0.2, 0.25) is 5.82 Å². The molecule has 5 heteroatoms. The van der Waals surface area contributed by atoms with Gasteiger partial charge >= 0.3 is 0 Å². The van der Waals surface area contributed by atoms with Crippen molar-refractivity contribution in [3.05, 3.63) is 40.4 Å². The van der Waals surface area contributed by atoms with E-state index in [9.17, 15) is 8.78 Å². The van der Waals surface area contributed by atoms with Crippen LogP contribution < -0.4 is 4.74 Å². The van der Waals surface area contributed by atoms with Crippen LogP contribution in [-0.4, -0.2) is 12.5 Å². The van der Waals surface area contributed by atoms with E-state index in [1.54, 1.807) is 0 Å². The highest BCUT2D eigenvalue weighted by atomic mass is 79.9. The van der Waals surface area contributed by atoms with Gasteiger partial charge in [0.1, 0.15) is 6.61 Å². The quantitative estimate of drug-likeness (QED) is 0.465. The van der Waals surface area contributed by atoms with Gasteiger partial charge in [-0.25, -0.2) is 4.39 Å². The Hall–Kier alpha value is -0.610. The average Bonchev–Trinajstić information content (AvgIpc) is 2.20. The summed E-state index contributed by atoms with van der Waals surface area (Å²) in [6.45, 7) is 3.64. The number of halogens is 4. The van der Waals surface area contributed by atoms with Crippen molar-refractivity contribution >= 4 is 27.5 Å². The molecule has 0 saturated carbocycles. The molecule has 82 valence electrons. The number of ether oxygens (including phenoxy) is 1. The lowest BCUT2D eigenvalue weighted by Gasteiger charge is -2.08. The largest absolute Gasteiger partial charge is 0.486 e. The molecule has 0 fully saturated rings. The lowest BCUT2D eigenvalue weighted by atomic mass is 10.3. The Kier molecular flexibility index (Phi) is 4.54. The average molecular weight is 298 g/mol. The van der Waals surface area contributed by atoms with Gasteiger partial charge < -0.3 is 4.74 Å². The fourth-order valence-electron chi connectivity index (χ4n) is 0.856. The standard InChI is InChI=1S/C10H8BrClF2O/c1-6(4-12)5-15-9-3-7(11)2-8(13)10(9)14/h2-3H,1,4-5H2. The number of hydrogen-bond donors (Lipinski definition) is 0. The predicted molar refractivity (Wildman–Crippen MR) is 59.4 cm³/mol. The van der Waals surface area contributed by atoms with E-state index in [-0.39, 0.29) is 18.2 Å². The summed E-state index contributed by atoms with van der Waals surface area (Å²) in [6.07, 6.45) is 0. The minimum atomic E-state index is -1.01. The molecule has 0 atom stereocenters. The molecular formula is C10H8BrClF2O. The molecule has 0 amide bonds. The van der Waals surface area contributed by atoms with Gasteiger partial charge in [0.15, 0.2) is 11.6 Å². The molecule has 1 aromatic carbocycles. The lowest BCUT2D eigenvalue weighted by molar-refractivity contribution is 0.324. The SMILES string of the molecule is C=C(CCl)COc1cc(Br)cc(F)c1F. The number of alkyl halides is 1. The van der Waals surface area contributed by atoms with Crippen LogP contribution in [0, 0.1) is 11.6 Å². The van der Waals surface area contributed by atoms with Crippen molar-refractivity contribution in [1.82, 2.24) is 0 Å². The first-order valence-electron chi connectivity index (χ1n) is 4.04. The zero-order valence-corrected chi connectivity index (χ0v) is 10.0. The second-order valence-electron chi connectivity index (χ2n) is 2.87. The maximum absolute atomic E-state index is 13.2. The van der Waals surface area contributed by atoms with Crippen molar-refractivity contribution in [2.75, 3.05) is 12.5 Å². The number of rotatable bonds is 4. The second-order valence-corrected chi connectivity index (χ2v) is 4.05. The van der Waals surface area contributed by atoms with Gasteiger partial charge in [0, 0.05) is 10.4 Å². The molecule has 0 saturated heterocycles. The second kappa shape index (κ2) is 5.47. The van der Waals surface area contributed by atoms with Crippen LogP contribution in [0.3, 0.4) is 0 Å². The minimum absolute atomic E-state index is 0.0658. The Bertz CT molecular complexity index is 382. The lowest BCUT2D eigenvalue weighted by Crippen LogP contribution is -2.03. The molecule has 0 aromatic heterocycles. The molecular weight excluding hydrogens is 289 g/mol. The van der Waals surface area contributed by atoms with Crippen LogP contribution in [-0.2, 0) is 0 Å². The summed E-state index contributed by atoms with van der Waals surface area (Å²) in [5.74, 6) is -1.91. The number of hydrogen-bond acceptors (Lipinski definition) is 1. The van der Waals surface area contributed by atoms with Crippen LogP contribution in [0.4, 0.5) is 8.78 Å². The molecule has 0 heterocycles. The van der Waals surface area contributed by atoms with Crippen LogP contribution in [0.5, 0.6) is 5.75 Å². The third-order valence-corrected chi connectivity index (χ3v) is 2.42. The topological polar surface area (TPSA) is 9.23 Å². The summed E-state index contributed by atoms with van der Waals surface area (Å²) < 4.78 is 31.5. The third-order valence-electron chi connectivity index (χ3n) is 1.58. The first kappa shape index (κ1) is 12.5. The molecule has 0 aliphatic carbocycles. The molecule has 15 heavy (non-hydrogen) atoms. The van der Waals surface area contributed by atoms with Crippen molar-refractivity contribution in [3.63, 3.8) is 0 Å². The summed E-state index contributed by atoms with van der Waals surface area (Å²) in [4.78, 5) is 0. The highest BCUT2D eigenvalue weighted by Crippen LogP contribution is 2.25. The molecule has 0 bridgehead atoms. The van der Waals surface area contributed by atoms with E-state index in [0.717, 1.165) is 6.07 Å². The number of benzene rings is 1. The zero-order valence-electron chi connectivity index (χ0n) is 7.70. The molecule has 0 N–H and O–H groups in total. The van der Waals surface area contributed by atoms with E-state index in [0.29, 0.717) is 10.0 Å². The van der Waals surface area contributed by atoms with Gasteiger partial charge in [-0.05, 0) is 17.7 Å². The van der Waals surface area contributed by atoms with E-state index < -0.39 is 11.6 Å². The molecule has 0 aliphatic rings. The van der Waals surface area contributed by atoms with Gasteiger partial charge in [-0.3, -0.25) is 0 Å². The monoisotopic (exact) mass is 296 g/mol. The van der Waals surface area contributed by atoms with Gasteiger partial charge in [-0.1, -0.05) is 22.5 Å². The van der Waals surface area contributed by atoms with Crippen molar-refractivity contribution in [1.29, 1.82) is 0 Å². The van der Waals surface area contributed by atoms with Crippen molar-refractivity contribution in [3.8, 4) is 5.75 Å². The molecule has 0 radical (unpaired) electrons. The van der Waals surface area contributed by atoms with Gasteiger partial charge in [-0.2, -0.15) is 4.39 Å². The predicted octanol–water partition coefficient (Wildman–Crippen LogP) is 3.90. The molecule has 0 unspecified atom stereocenters. The van der Waals surface area contributed by atoms with E-state index in [4.69, 9.17) is 16.3 Å². The van der Waals surface area contributed by atoms with Crippen molar-refractivity contribution in [2.45, 2.75) is 0 Å². The van der Waals surface area contributed by atoms with E-state index >= 15 is 0 Å². The Balaban J connectivity index is 2.81. The smallest absolute Gasteiger partial charge is 0.200 e. The highest BCUT2D eigenvalue weighted by Gasteiger charge is 2.11. The zero-order chi connectivity index (χ0) is 11.4. The molecule has 1 aromatic rings. The van der Waals surface area contributed by atoms with Gasteiger partial charge in [0.25, 0.3) is 0 Å². The third kappa shape index (κ3) is 3.47. The molecule has 1 rings (SSSR count). The summed E-state index contributed by atoms with van der Waals surface area (Å²) in [7, 11) is 0. The molecule has 1 nitrogen and oxygen atoms in total. The van der Waals surface area contributed by atoms with E-state index in [1.165, 1.54) is 6.07 Å². The van der Waals surface area contributed by atoms with Crippen LogP contribution >= 0.6 is 27.5 Å². The Morgan fingerprint density at radius 1 is 1.47 bits per heavy atom. The summed E-state index contributed by atoms with van der Waals surface area (Å²) in [6, 6.07) is 2.37. The first-order valence-corrected chi connectivity index (χ1v) is 5.37. The van der Waals surface area contributed by atoms with E-state index in [1.807, 2.05) is 0 Å². The Labute approximate surface area is 99.8 Å². The van der Waals surface area contributed by atoms with Gasteiger partial charge in [0.05, 0.1) is 0 Å². The maximum atomic E-state index is 13.2. The fraction of sp³-hybridized carbons (Fsp3) is 0.200. The summed E-state index contributed by atoms with van der Waals surface area (Å²) in [5, 5.41) is 0. The van der Waals surface area contributed by atoms with Crippen LogP contribution in [0.1, 0.15) is 0 Å². The van der Waals surface area contributed by atoms with Crippen LogP contribution in [0.2, 0.25) is 0 Å². The molecule has 0 aliphatic heterocycles.